The zero-order valence-corrected chi connectivity index (χ0v) is 8.18. The number of hydrogen-bond donors (Lipinski definition) is 0. The van der Waals surface area contributed by atoms with E-state index in [1.807, 2.05) is 24.3 Å². The van der Waals surface area contributed by atoms with Crippen LogP contribution in [0, 0.1) is 0 Å². The van der Waals surface area contributed by atoms with Gasteiger partial charge in [0.25, 0.3) is 6.47 Å². The molecule has 1 rings (SSSR count). The molecular weight excluding hydrogens is 180 g/mol. The smallest absolute Gasteiger partial charge is 0.293 e. The van der Waals surface area contributed by atoms with Crippen molar-refractivity contribution in [2.45, 2.75) is 18.6 Å². The van der Waals surface area contributed by atoms with Crippen LogP contribution in [-0.2, 0) is 14.3 Å². The van der Waals surface area contributed by atoms with Gasteiger partial charge in [0.15, 0.2) is 0 Å². The van der Waals surface area contributed by atoms with E-state index in [1.165, 1.54) is 0 Å². The van der Waals surface area contributed by atoms with E-state index in [2.05, 4.69) is 6.58 Å². The fourth-order valence-corrected chi connectivity index (χ4v) is 1.38. The highest BCUT2D eigenvalue weighted by Gasteiger charge is 2.20. The van der Waals surface area contributed by atoms with Gasteiger partial charge in [-0.3, -0.25) is 4.79 Å². The zero-order chi connectivity index (χ0) is 10.4. The van der Waals surface area contributed by atoms with Crippen LogP contribution in [0.3, 0.4) is 0 Å². The van der Waals surface area contributed by atoms with E-state index in [0.29, 0.717) is 6.47 Å². The van der Waals surface area contributed by atoms with Gasteiger partial charge in [-0.05, 0) is 24.1 Å². The molecule has 1 aliphatic carbocycles. The Hall–Kier alpha value is -1.35. The lowest BCUT2D eigenvalue weighted by Crippen LogP contribution is -2.29. The maximum Gasteiger partial charge on any atom is 0.293 e. The third kappa shape index (κ3) is 2.57. The van der Waals surface area contributed by atoms with Crippen molar-refractivity contribution in [2.24, 2.45) is 0 Å². The molecule has 2 unspecified atom stereocenters. The molecule has 14 heavy (non-hydrogen) atoms. The van der Waals surface area contributed by atoms with Crippen LogP contribution in [0.2, 0.25) is 0 Å². The molecule has 1 aliphatic rings. The van der Waals surface area contributed by atoms with E-state index >= 15 is 0 Å². The van der Waals surface area contributed by atoms with Crippen molar-refractivity contribution in [3.8, 4) is 0 Å². The number of carbonyl (C=O) groups excluding carboxylic acids is 1. The van der Waals surface area contributed by atoms with Crippen LogP contribution < -0.4 is 0 Å². The molecule has 0 spiro atoms. The lowest BCUT2D eigenvalue weighted by Gasteiger charge is -2.23. The summed E-state index contributed by atoms with van der Waals surface area (Å²) < 4.78 is 10.0. The predicted molar refractivity (Wildman–Crippen MR) is 53.8 cm³/mol. The van der Waals surface area contributed by atoms with Gasteiger partial charge in [0.2, 0.25) is 0 Å². The van der Waals surface area contributed by atoms with Gasteiger partial charge in [-0.1, -0.05) is 12.2 Å². The number of hydrogen-bond acceptors (Lipinski definition) is 3. The van der Waals surface area contributed by atoms with Crippen LogP contribution in [0.25, 0.3) is 0 Å². The molecule has 0 saturated carbocycles. The van der Waals surface area contributed by atoms with Gasteiger partial charge < -0.3 is 9.47 Å². The number of allylic oxidation sites excluding steroid dienone is 3. The summed E-state index contributed by atoms with van der Waals surface area (Å²) >= 11 is 0. The molecule has 0 saturated heterocycles. The molecule has 0 bridgehead atoms. The Kier molecular flexibility index (Phi) is 4.13. The summed E-state index contributed by atoms with van der Waals surface area (Å²) in [5.41, 5.74) is 1.12. The summed E-state index contributed by atoms with van der Waals surface area (Å²) in [6, 6.07) is 0. The largest absolute Gasteiger partial charge is 0.457 e. The van der Waals surface area contributed by atoms with Crippen LogP contribution >= 0.6 is 0 Å². The number of rotatable bonds is 5. The van der Waals surface area contributed by atoms with Crippen LogP contribution in [0.15, 0.2) is 36.5 Å². The third-order valence-electron chi connectivity index (χ3n) is 2.07. The van der Waals surface area contributed by atoms with Crippen LogP contribution in [-0.4, -0.2) is 25.8 Å². The van der Waals surface area contributed by atoms with E-state index in [-0.39, 0.29) is 12.2 Å². The molecule has 0 fully saturated rings. The predicted octanol–water partition coefficient (Wildman–Crippen LogP) is 1.62. The number of methoxy groups -OCH3 is 1. The molecule has 0 aliphatic heterocycles. The highest BCUT2D eigenvalue weighted by molar-refractivity contribution is 5.40. The molecule has 0 aromatic heterocycles. The minimum absolute atomic E-state index is 0.194. The molecular formula is C11H14O3. The average Bonchev–Trinajstić information content (AvgIpc) is 2.21. The van der Waals surface area contributed by atoms with E-state index in [4.69, 9.17) is 9.47 Å². The first-order valence-corrected chi connectivity index (χ1v) is 4.43. The van der Waals surface area contributed by atoms with Crippen LogP contribution in [0.1, 0.15) is 6.42 Å². The minimum Gasteiger partial charge on any atom is -0.457 e. The molecule has 0 aromatic carbocycles. The fraction of sp³-hybridized carbons (Fsp3) is 0.364. The average molecular weight is 194 g/mol. The van der Waals surface area contributed by atoms with Crippen molar-refractivity contribution < 1.29 is 14.3 Å². The van der Waals surface area contributed by atoms with E-state index < -0.39 is 0 Å². The summed E-state index contributed by atoms with van der Waals surface area (Å²) in [7, 11) is 1.59. The molecule has 0 N–H and O–H groups in total. The van der Waals surface area contributed by atoms with Crippen molar-refractivity contribution in [3.63, 3.8) is 0 Å². The topological polar surface area (TPSA) is 35.5 Å². The third-order valence-corrected chi connectivity index (χ3v) is 2.07. The quantitative estimate of drug-likeness (QED) is 0.492. The standard InChI is InChI=1S/C11H14O3/c1-3-4-9-5-6-10(14-8-12)11(7-9)13-2/h3,5-8,10-11H,1,4H2,2H3. The van der Waals surface area contributed by atoms with Gasteiger partial charge in [-0.2, -0.15) is 0 Å². The highest BCUT2D eigenvalue weighted by atomic mass is 16.6. The molecule has 3 nitrogen and oxygen atoms in total. The van der Waals surface area contributed by atoms with E-state index in [0.717, 1.165) is 12.0 Å². The Morgan fingerprint density at radius 1 is 1.57 bits per heavy atom. The molecule has 2 atom stereocenters. The van der Waals surface area contributed by atoms with Gasteiger partial charge in [0, 0.05) is 7.11 Å². The molecule has 0 amide bonds. The Morgan fingerprint density at radius 2 is 2.36 bits per heavy atom. The maximum atomic E-state index is 10.2. The fourth-order valence-electron chi connectivity index (χ4n) is 1.38. The summed E-state index contributed by atoms with van der Waals surface area (Å²) in [4.78, 5) is 10.2. The Balaban J connectivity index is 2.68. The Bertz CT molecular complexity index is 266. The Morgan fingerprint density at radius 3 is 2.93 bits per heavy atom. The van der Waals surface area contributed by atoms with Gasteiger partial charge in [-0.25, -0.2) is 0 Å². The van der Waals surface area contributed by atoms with Crippen molar-refractivity contribution in [2.75, 3.05) is 7.11 Å². The van der Waals surface area contributed by atoms with Gasteiger partial charge in [0.1, 0.15) is 12.2 Å². The van der Waals surface area contributed by atoms with Gasteiger partial charge in [-0.15, -0.1) is 6.58 Å². The van der Waals surface area contributed by atoms with Crippen molar-refractivity contribution in [1.82, 2.24) is 0 Å². The molecule has 76 valence electrons. The Labute approximate surface area is 83.7 Å². The second-order valence-electron chi connectivity index (χ2n) is 2.99. The van der Waals surface area contributed by atoms with Crippen molar-refractivity contribution in [1.29, 1.82) is 0 Å². The maximum absolute atomic E-state index is 10.2. The van der Waals surface area contributed by atoms with Crippen LogP contribution in [0.5, 0.6) is 0 Å². The number of carbonyl (C=O) groups is 1. The molecule has 0 aromatic rings. The first kappa shape index (κ1) is 10.7. The number of ether oxygens (including phenoxy) is 2. The first-order valence-electron chi connectivity index (χ1n) is 4.43. The summed E-state index contributed by atoms with van der Waals surface area (Å²) in [5, 5.41) is 0. The molecule has 0 radical (unpaired) electrons. The summed E-state index contributed by atoms with van der Waals surface area (Å²) in [5.74, 6) is 0. The van der Waals surface area contributed by atoms with E-state index in [1.54, 1.807) is 7.11 Å². The van der Waals surface area contributed by atoms with Crippen molar-refractivity contribution in [3.05, 3.63) is 36.5 Å². The lowest BCUT2D eigenvalue weighted by molar-refractivity contribution is -0.135. The SMILES string of the molecule is C=CCC1=CC(OC)C(OC=O)C=C1. The normalized spacial score (nSPS) is 25.4. The summed E-state index contributed by atoms with van der Waals surface area (Å²) in [6.07, 6.45) is 7.79. The molecule has 0 heterocycles. The first-order chi connectivity index (χ1) is 6.81. The zero-order valence-electron chi connectivity index (χ0n) is 8.18. The minimum atomic E-state index is -0.314. The monoisotopic (exact) mass is 194 g/mol. The molecule has 3 heteroatoms. The van der Waals surface area contributed by atoms with Crippen LogP contribution in [0.4, 0.5) is 0 Å². The summed E-state index contributed by atoms with van der Waals surface area (Å²) in [6.45, 7) is 4.10. The lowest BCUT2D eigenvalue weighted by atomic mass is 10.00. The van der Waals surface area contributed by atoms with Gasteiger partial charge in [0.05, 0.1) is 0 Å². The highest BCUT2D eigenvalue weighted by Crippen LogP contribution is 2.18. The van der Waals surface area contributed by atoms with Gasteiger partial charge >= 0.3 is 0 Å². The second kappa shape index (κ2) is 5.40. The van der Waals surface area contributed by atoms with Crippen molar-refractivity contribution >= 4 is 6.47 Å². The van der Waals surface area contributed by atoms with E-state index in [9.17, 15) is 4.79 Å². The second-order valence-corrected chi connectivity index (χ2v) is 2.99.